The molecule has 31 heavy (non-hydrogen) atoms. The lowest BCUT2D eigenvalue weighted by atomic mass is 10.1. The lowest BCUT2D eigenvalue weighted by Gasteiger charge is -2.28. The highest BCUT2D eigenvalue weighted by Crippen LogP contribution is 2.29. The Kier molecular flexibility index (Phi) is 6.47. The van der Waals surface area contributed by atoms with Crippen molar-refractivity contribution in [3.63, 3.8) is 0 Å². The zero-order valence-corrected chi connectivity index (χ0v) is 18.3. The number of carbonyl (C=O) groups is 2. The Balaban J connectivity index is 1.54. The SMILES string of the molecule is Cc1ccsc1CN(Cc1ccccc1)C(=O)CN(C(=O)c1cccc(F)c1)C1CC1. The molecule has 0 unspecified atom stereocenters. The smallest absolute Gasteiger partial charge is 0.254 e. The Morgan fingerprint density at radius 3 is 2.45 bits per heavy atom. The number of nitrogens with zero attached hydrogens (tertiary/aromatic N) is 2. The van der Waals surface area contributed by atoms with Crippen LogP contribution in [0, 0.1) is 12.7 Å². The molecule has 0 atom stereocenters. The number of hydrogen-bond acceptors (Lipinski definition) is 3. The van der Waals surface area contributed by atoms with E-state index in [0.717, 1.165) is 28.8 Å². The van der Waals surface area contributed by atoms with Crippen LogP contribution in [0.2, 0.25) is 0 Å². The number of rotatable bonds is 8. The van der Waals surface area contributed by atoms with Gasteiger partial charge in [0.15, 0.2) is 0 Å². The molecule has 0 bridgehead atoms. The summed E-state index contributed by atoms with van der Waals surface area (Å²) in [6, 6.07) is 17.6. The standard InChI is InChI=1S/C25H25FN2O2S/c1-18-12-13-31-23(18)16-27(15-19-6-3-2-4-7-19)24(29)17-28(22-10-11-22)25(30)20-8-5-9-21(26)14-20/h2-9,12-14,22H,10-11,15-17H2,1H3. The zero-order chi connectivity index (χ0) is 21.8. The van der Waals surface area contributed by atoms with E-state index in [9.17, 15) is 14.0 Å². The van der Waals surface area contributed by atoms with Crippen molar-refractivity contribution in [3.8, 4) is 0 Å². The summed E-state index contributed by atoms with van der Waals surface area (Å²) in [6.07, 6.45) is 1.74. The van der Waals surface area contributed by atoms with E-state index in [1.54, 1.807) is 22.3 Å². The van der Waals surface area contributed by atoms with E-state index in [4.69, 9.17) is 0 Å². The van der Waals surface area contributed by atoms with Gasteiger partial charge in [0.25, 0.3) is 5.91 Å². The number of amides is 2. The van der Waals surface area contributed by atoms with Gasteiger partial charge in [0.1, 0.15) is 12.4 Å². The summed E-state index contributed by atoms with van der Waals surface area (Å²) in [5.74, 6) is -0.845. The van der Waals surface area contributed by atoms with Crippen molar-refractivity contribution in [3.05, 3.63) is 93.4 Å². The van der Waals surface area contributed by atoms with Crippen molar-refractivity contribution in [1.82, 2.24) is 9.80 Å². The molecule has 160 valence electrons. The van der Waals surface area contributed by atoms with Gasteiger partial charge in [-0.2, -0.15) is 0 Å². The minimum atomic E-state index is -0.452. The molecule has 1 heterocycles. The predicted molar refractivity (Wildman–Crippen MR) is 120 cm³/mol. The maximum absolute atomic E-state index is 13.6. The van der Waals surface area contributed by atoms with Crippen LogP contribution < -0.4 is 0 Å². The second-order valence-corrected chi connectivity index (χ2v) is 8.94. The summed E-state index contributed by atoms with van der Waals surface area (Å²) in [6.45, 7) is 3.02. The lowest BCUT2D eigenvalue weighted by Crippen LogP contribution is -2.43. The summed E-state index contributed by atoms with van der Waals surface area (Å²) < 4.78 is 13.6. The van der Waals surface area contributed by atoms with Crippen LogP contribution in [0.4, 0.5) is 4.39 Å². The Bertz CT molecular complexity index is 1060. The molecule has 0 N–H and O–H groups in total. The predicted octanol–water partition coefficient (Wildman–Crippen LogP) is 5.03. The normalized spacial score (nSPS) is 13.1. The van der Waals surface area contributed by atoms with Gasteiger partial charge < -0.3 is 9.80 Å². The number of halogens is 1. The second-order valence-electron chi connectivity index (χ2n) is 7.94. The van der Waals surface area contributed by atoms with Crippen LogP contribution in [-0.4, -0.2) is 34.2 Å². The third-order valence-electron chi connectivity index (χ3n) is 5.50. The molecule has 0 aliphatic heterocycles. The first-order chi connectivity index (χ1) is 15.0. The van der Waals surface area contributed by atoms with Crippen LogP contribution >= 0.6 is 11.3 Å². The molecule has 2 amide bonds. The first-order valence-electron chi connectivity index (χ1n) is 10.4. The van der Waals surface area contributed by atoms with Crippen molar-refractivity contribution in [1.29, 1.82) is 0 Å². The molecule has 1 aliphatic rings. The molecule has 1 fully saturated rings. The quantitative estimate of drug-likeness (QED) is 0.497. The summed E-state index contributed by atoms with van der Waals surface area (Å²) in [7, 11) is 0. The Morgan fingerprint density at radius 1 is 1.03 bits per heavy atom. The maximum Gasteiger partial charge on any atom is 0.254 e. The molecule has 0 radical (unpaired) electrons. The van der Waals surface area contributed by atoms with Gasteiger partial charge in [-0.05, 0) is 60.5 Å². The molecule has 0 saturated heterocycles. The Hall–Kier alpha value is -2.99. The minimum Gasteiger partial charge on any atom is -0.332 e. The molecular weight excluding hydrogens is 411 g/mol. The topological polar surface area (TPSA) is 40.6 Å². The highest BCUT2D eigenvalue weighted by Gasteiger charge is 2.35. The van der Waals surface area contributed by atoms with Gasteiger partial charge in [-0.3, -0.25) is 9.59 Å². The fraction of sp³-hybridized carbons (Fsp3) is 0.280. The second kappa shape index (κ2) is 9.43. The van der Waals surface area contributed by atoms with Crippen LogP contribution in [0.3, 0.4) is 0 Å². The van der Waals surface area contributed by atoms with E-state index in [0.29, 0.717) is 13.1 Å². The molecule has 2 aromatic carbocycles. The van der Waals surface area contributed by atoms with E-state index in [-0.39, 0.29) is 30.0 Å². The van der Waals surface area contributed by atoms with Crippen molar-refractivity contribution in [2.45, 2.75) is 38.9 Å². The van der Waals surface area contributed by atoms with Gasteiger partial charge in [-0.25, -0.2) is 4.39 Å². The van der Waals surface area contributed by atoms with E-state index >= 15 is 0 Å². The van der Waals surface area contributed by atoms with Gasteiger partial charge >= 0.3 is 0 Å². The number of aryl methyl sites for hydroxylation is 1. The van der Waals surface area contributed by atoms with Crippen molar-refractivity contribution >= 4 is 23.2 Å². The van der Waals surface area contributed by atoms with Crippen LogP contribution in [0.25, 0.3) is 0 Å². The van der Waals surface area contributed by atoms with Gasteiger partial charge in [-0.1, -0.05) is 36.4 Å². The highest BCUT2D eigenvalue weighted by atomic mass is 32.1. The van der Waals surface area contributed by atoms with E-state index in [1.165, 1.54) is 18.2 Å². The Morgan fingerprint density at radius 2 is 1.81 bits per heavy atom. The largest absolute Gasteiger partial charge is 0.332 e. The van der Waals surface area contributed by atoms with E-state index in [1.807, 2.05) is 47.5 Å². The third kappa shape index (κ3) is 5.39. The van der Waals surface area contributed by atoms with Crippen molar-refractivity contribution < 1.29 is 14.0 Å². The summed E-state index contributed by atoms with van der Waals surface area (Å²) >= 11 is 1.63. The van der Waals surface area contributed by atoms with E-state index in [2.05, 4.69) is 6.07 Å². The minimum absolute atomic E-state index is 0.00271. The number of hydrogen-bond donors (Lipinski definition) is 0. The fourth-order valence-corrected chi connectivity index (χ4v) is 4.48. The van der Waals surface area contributed by atoms with Crippen LogP contribution in [0.5, 0.6) is 0 Å². The molecule has 4 nitrogen and oxygen atoms in total. The monoisotopic (exact) mass is 436 g/mol. The fourth-order valence-electron chi connectivity index (χ4n) is 3.56. The number of carbonyl (C=O) groups excluding carboxylic acids is 2. The van der Waals surface area contributed by atoms with Crippen molar-refractivity contribution in [2.24, 2.45) is 0 Å². The van der Waals surface area contributed by atoms with Gasteiger partial charge in [0, 0.05) is 23.0 Å². The average Bonchev–Trinajstić information content (AvgIpc) is 3.54. The Labute approximate surface area is 185 Å². The molecule has 6 heteroatoms. The molecule has 3 aromatic rings. The molecule has 1 aliphatic carbocycles. The van der Waals surface area contributed by atoms with Crippen LogP contribution in [0.15, 0.2) is 66.0 Å². The summed E-state index contributed by atoms with van der Waals surface area (Å²) in [4.78, 5) is 31.0. The molecule has 1 aromatic heterocycles. The summed E-state index contributed by atoms with van der Waals surface area (Å²) in [5.41, 5.74) is 2.48. The van der Waals surface area contributed by atoms with Crippen molar-refractivity contribution in [2.75, 3.05) is 6.54 Å². The first-order valence-corrected chi connectivity index (χ1v) is 11.3. The molecule has 1 saturated carbocycles. The highest BCUT2D eigenvalue weighted by molar-refractivity contribution is 7.10. The zero-order valence-electron chi connectivity index (χ0n) is 17.5. The maximum atomic E-state index is 13.6. The molecule has 4 rings (SSSR count). The van der Waals surface area contributed by atoms with Gasteiger partial charge in [-0.15, -0.1) is 11.3 Å². The lowest BCUT2D eigenvalue weighted by molar-refractivity contribution is -0.133. The van der Waals surface area contributed by atoms with Crippen LogP contribution in [0.1, 0.15) is 39.2 Å². The molecular formula is C25H25FN2O2S. The first kappa shape index (κ1) is 21.2. The van der Waals surface area contributed by atoms with E-state index < -0.39 is 5.82 Å². The molecule has 0 spiro atoms. The number of benzene rings is 2. The van der Waals surface area contributed by atoms with Gasteiger partial charge in [0.05, 0.1) is 6.54 Å². The van der Waals surface area contributed by atoms with Gasteiger partial charge in [0.2, 0.25) is 5.91 Å². The summed E-state index contributed by atoms with van der Waals surface area (Å²) in [5, 5.41) is 2.03. The average molecular weight is 437 g/mol. The number of thiophene rings is 1. The third-order valence-corrected chi connectivity index (χ3v) is 6.51. The van der Waals surface area contributed by atoms with Crippen LogP contribution in [-0.2, 0) is 17.9 Å².